The van der Waals surface area contributed by atoms with Gasteiger partial charge >= 0.3 is 0 Å². The van der Waals surface area contributed by atoms with Crippen molar-refractivity contribution in [1.29, 1.82) is 0 Å². The maximum Gasteiger partial charge on any atom is 0.0703 e. The molecule has 0 aromatic heterocycles. The Bertz CT molecular complexity index is 212. The molecule has 0 radical (unpaired) electrons. The van der Waals surface area contributed by atoms with Crippen LogP contribution in [0.4, 0.5) is 0 Å². The van der Waals surface area contributed by atoms with Crippen LogP contribution in [0.2, 0.25) is 0 Å². The molecule has 0 aliphatic carbocycles. The Morgan fingerprint density at radius 2 is 2.27 bits per heavy atom. The lowest BCUT2D eigenvalue weighted by molar-refractivity contribution is 0.0509. The van der Waals surface area contributed by atoms with E-state index in [9.17, 15) is 0 Å². The Kier molecular flexibility index (Phi) is 3.33. The van der Waals surface area contributed by atoms with Gasteiger partial charge in [-0.25, -0.2) is 0 Å². The summed E-state index contributed by atoms with van der Waals surface area (Å²) in [4.78, 5) is 2.57. The van der Waals surface area contributed by atoms with Crippen molar-refractivity contribution in [3.05, 3.63) is 0 Å². The molecule has 3 heteroatoms. The molecule has 2 atom stereocenters. The van der Waals surface area contributed by atoms with Crippen LogP contribution in [0.1, 0.15) is 33.1 Å². The first kappa shape index (κ1) is 11.4. The summed E-state index contributed by atoms with van der Waals surface area (Å²) in [6, 6.07) is 0. The fraction of sp³-hybridized carbons (Fsp3) is 1.00. The van der Waals surface area contributed by atoms with Gasteiger partial charge in [-0.3, -0.25) is 4.90 Å². The largest absolute Gasteiger partial charge is 0.377 e. The lowest BCUT2D eigenvalue weighted by Crippen LogP contribution is -2.42. The maximum atomic E-state index is 5.77. The number of likely N-dealkylation sites (tertiary alicyclic amines) is 1. The maximum absolute atomic E-state index is 5.77. The summed E-state index contributed by atoms with van der Waals surface area (Å²) in [6.45, 7) is 8.70. The summed E-state index contributed by atoms with van der Waals surface area (Å²) < 4.78 is 5.70. The number of nitrogens with zero attached hydrogens (tertiary/aromatic N) is 1. The summed E-state index contributed by atoms with van der Waals surface area (Å²) in [6.07, 6.45) is 4.18. The number of rotatable bonds is 3. The molecule has 15 heavy (non-hydrogen) atoms. The zero-order valence-corrected chi connectivity index (χ0v) is 10.0. The van der Waals surface area contributed by atoms with Crippen LogP contribution < -0.4 is 5.73 Å². The van der Waals surface area contributed by atoms with Crippen molar-refractivity contribution in [2.24, 2.45) is 11.7 Å². The van der Waals surface area contributed by atoms with E-state index >= 15 is 0 Å². The average Bonchev–Trinajstić information content (AvgIpc) is 2.76. The number of hydrogen-bond donors (Lipinski definition) is 1. The van der Waals surface area contributed by atoms with Crippen molar-refractivity contribution < 1.29 is 4.74 Å². The van der Waals surface area contributed by atoms with Gasteiger partial charge in [-0.2, -0.15) is 0 Å². The first-order valence-corrected chi connectivity index (χ1v) is 6.18. The van der Waals surface area contributed by atoms with Crippen LogP contribution in [-0.2, 0) is 4.74 Å². The fourth-order valence-electron chi connectivity index (χ4n) is 2.97. The van der Waals surface area contributed by atoms with E-state index in [4.69, 9.17) is 10.5 Å². The van der Waals surface area contributed by atoms with Gasteiger partial charge in [0.25, 0.3) is 0 Å². The van der Waals surface area contributed by atoms with Crippen LogP contribution in [0, 0.1) is 5.92 Å². The van der Waals surface area contributed by atoms with E-state index in [0.29, 0.717) is 17.6 Å². The minimum absolute atomic E-state index is 0.315. The van der Waals surface area contributed by atoms with E-state index < -0.39 is 0 Å². The van der Waals surface area contributed by atoms with Gasteiger partial charge in [0, 0.05) is 25.2 Å². The molecule has 3 nitrogen and oxygen atoms in total. The molecule has 0 aromatic carbocycles. The van der Waals surface area contributed by atoms with Crippen LogP contribution in [0.15, 0.2) is 0 Å². The molecular weight excluding hydrogens is 188 g/mol. The van der Waals surface area contributed by atoms with E-state index in [-0.39, 0.29) is 0 Å². The highest BCUT2D eigenvalue weighted by atomic mass is 16.5. The van der Waals surface area contributed by atoms with Crippen molar-refractivity contribution in [2.45, 2.75) is 44.8 Å². The van der Waals surface area contributed by atoms with Gasteiger partial charge in [-0.1, -0.05) is 0 Å². The second-order valence-corrected chi connectivity index (χ2v) is 5.66. The van der Waals surface area contributed by atoms with Crippen molar-refractivity contribution in [3.8, 4) is 0 Å². The Morgan fingerprint density at radius 3 is 2.80 bits per heavy atom. The third-order valence-electron chi connectivity index (χ3n) is 3.90. The van der Waals surface area contributed by atoms with Crippen LogP contribution in [0.25, 0.3) is 0 Å². The lowest BCUT2D eigenvalue weighted by atomic mass is 9.96. The molecule has 88 valence electrons. The Morgan fingerprint density at radius 1 is 1.47 bits per heavy atom. The van der Waals surface area contributed by atoms with Crippen molar-refractivity contribution >= 4 is 0 Å². The van der Waals surface area contributed by atoms with E-state index in [1.165, 1.54) is 19.3 Å². The number of ether oxygens (including phenoxy) is 1. The summed E-state index contributed by atoms with van der Waals surface area (Å²) in [5.41, 5.74) is 6.08. The van der Waals surface area contributed by atoms with E-state index in [1.807, 2.05) is 0 Å². The molecule has 0 amide bonds. The smallest absolute Gasteiger partial charge is 0.0703 e. The zero-order valence-electron chi connectivity index (χ0n) is 10.0. The summed E-state index contributed by atoms with van der Waals surface area (Å²) in [7, 11) is 0. The Labute approximate surface area is 93.0 Å². The van der Waals surface area contributed by atoms with Gasteiger partial charge in [0.05, 0.1) is 6.10 Å². The molecular formula is C12H24N2O. The summed E-state index contributed by atoms with van der Waals surface area (Å²) in [5.74, 6) is 0.682. The Hall–Kier alpha value is -0.120. The molecule has 0 spiro atoms. The van der Waals surface area contributed by atoms with E-state index in [1.54, 1.807) is 0 Å². The van der Waals surface area contributed by atoms with E-state index in [0.717, 1.165) is 26.2 Å². The minimum Gasteiger partial charge on any atom is -0.377 e. The van der Waals surface area contributed by atoms with Gasteiger partial charge in [-0.15, -0.1) is 0 Å². The molecule has 0 bridgehead atoms. The highest BCUT2D eigenvalue weighted by molar-refractivity contribution is 4.94. The molecule has 2 N–H and O–H groups in total. The monoisotopic (exact) mass is 212 g/mol. The molecule has 2 aliphatic rings. The zero-order chi connectivity index (χ0) is 10.9. The number of hydrogen-bond acceptors (Lipinski definition) is 3. The molecule has 0 saturated carbocycles. The predicted octanol–water partition coefficient (Wildman–Crippen LogP) is 1.22. The van der Waals surface area contributed by atoms with Crippen LogP contribution in [0.5, 0.6) is 0 Å². The summed E-state index contributed by atoms with van der Waals surface area (Å²) >= 11 is 0. The average molecular weight is 212 g/mol. The van der Waals surface area contributed by atoms with Crippen molar-refractivity contribution in [1.82, 2.24) is 4.90 Å². The minimum atomic E-state index is 0.315. The second-order valence-electron chi connectivity index (χ2n) is 5.66. The molecule has 2 saturated heterocycles. The van der Waals surface area contributed by atoms with Gasteiger partial charge in [0.15, 0.2) is 0 Å². The predicted molar refractivity (Wildman–Crippen MR) is 61.8 cm³/mol. The molecule has 2 aliphatic heterocycles. The van der Waals surface area contributed by atoms with Crippen LogP contribution in [-0.4, -0.2) is 42.8 Å². The molecule has 0 aromatic rings. The topological polar surface area (TPSA) is 38.5 Å². The highest BCUT2D eigenvalue weighted by Gasteiger charge is 2.38. The molecule has 2 unspecified atom stereocenters. The fourth-order valence-corrected chi connectivity index (χ4v) is 2.97. The van der Waals surface area contributed by atoms with Gasteiger partial charge in [0.2, 0.25) is 0 Å². The quantitative estimate of drug-likeness (QED) is 0.764. The third kappa shape index (κ3) is 2.52. The van der Waals surface area contributed by atoms with Gasteiger partial charge in [0.1, 0.15) is 0 Å². The lowest BCUT2D eigenvalue weighted by Gasteiger charge is -2.33. The van der Waals surface area contributed by atoms with Crippen molar-refractivity contribution in [3.63, 3.8) is 0 Å². The standard InChI is InChI=1S/C12H24N2O/c1-12(2)6-10(7-13)8-14(12)9-11-4-3-5-15-11/h10-11H,3-9,13H2,1-2H3. The second kappa shape index (κ2) is 4.40. The third-order valence-corrected chi connectivity index (χ3v) is 3.90. The van der Waals surface area contributed by atoms with Gasteiger partial charge < -0.3 is 10.5 Å². The van der Waals surface area contributed by atoms with Crippen LogP contribution in [0.3, 0.4) is 0 Å². The van der Waals surface area contributed by atoms with E-state index in [2.05, 4.69) is 18.7 Å². The first-order valence-electron chi connectivity index (χ1n) is 6.18. The molecule has 2 rings (SSSR count). The van der Waals surface area contributed by atoms with Crippen LogP contribution >= 0.6 is 0 Å². The molecule has 2 fully saturated rings. The number of nitrogens with two attached hydrogens (primary N) is 1. The Balaban J connectivity index is 1.90. The SMILES string of the molecule is CC1(C)CC(CN)CN1CC1CCCO1. The van der Waals surface area contributed by atoms with Crippen molar-refractivity contribution in [2.75, 3.05) is 26.2 Å². The first-order chi connectivity index (χ1) is 7.12. The normalized spacial score (nSPS) is 36.2. The van der Waals surface area contributed by atoms with Gasteiger partial charge in [-0.05, 0) is 45.6 Å². The highest BCUT2D eigenvalue weighted by Crippen LogP contribution is 2.33. The summed E-state index contributed by atoms with van der Waals surface area (Å²) in [5, 5.41) is 0. The molecule has 2 heterocycles.